The van der Waals surface area contributed by atoms with Gasteiger partial charge < -0.3 is 4.90 Å². The first-order valence-electron chi connectivity index (χ1n) is 5.03. The van der Waals surface area contributed by atoms with Crippen LogP contribution < -0.4 is 4.90 Å². The van der Waals surface area contributed by atoms with Gasteiger partial charge in [0.05, 0.1) is 17.7 Å². The van der Waals surface area contributed by atoms with Gasteiger partial charge in [-0.3, -0.25) is 0 Å². The fourth-order valence-electron chi connectivity index (χ4n) is 1.49. The molecule has 0 fully saturated rings. The monoisotopic (exact) mass is 284 g/mol. The number of benzene rings is 1. The lowest BCUT2D eigenvalue weighted by Gasteiger charge is -2.21. The van der Waals surface area contributed by atoms with E-state index < -0.39 is 0 Å². The van der Waals surface area contributed by atoms with Crippen LogP contribution in [0, 0.1) is 23.1 Å². The van der Waals surface area contributed by atoms with Crippen LogP contribution in [0.1, 0.15) is 12.5 Å². The minimum absolute atomic E-state index is 0.111. The molecule has 4 heteroatoms. The van der Waals surface area contributed by atoms with Crippen LogP contribution in [0.25, 0.3) is 0 Å². The Labute approximate surface area is 104 Å². The molecule has 0 saturated heterocycles. The first-order chi connectivity index (χ1) is 7.58. The fourth-order valence-corrected chi connectivity index (χ4v) is 1.84. The Balaban J connectivity index is 2.84. The largest absolute Gasteiger partial charge is 0.371 e. The van der Waals surface area contributed by atoms with Gasteiger partial charge in [-0.25, -0.2) is 4.39 Å². The van der Waals surface area contributed by atoms with Crippen molar-refractivity contribution >= 4 is 21.6 Å². The minimum atomic E-state index is -0.246. The standard InChI is InChI=1S/C12H14BrFN2/c1-9(7-15)8-16(2)12-4-3-10(6-13)5-11(12)14/h3-5,9H,6,8H2,1-2H3. The van der Waals surface area contributed by atoms with Gasteiger partial charge in [0.15, 0.2) is 0 Å². The van der Waals surface area contributed by atoms with Gasteiger partial charge in [0, 0.05) is 18.9 Å². The van der Waals surface area contributed by atoms with Gasteiger partial charge in [-0.15, -0.1) is 0 Å². The number of hydrogen-bond donors (Lipinski definition) is 0. The maximum absolute atomic E-state index is 13.7. The summed E-state index contributed by atoms with van der Waals surface area (Å²) < 4.78 is 13.7. The normalized spacial score (nSPS) is 11.9. The predicted molar refractivity (Wildman–Crippen MR) is 67.1 cm³/mol. The predicted octanol–water partition coefficient (Wildman–Crippen LogP) is 3.32. The number of hydrogen-bond acceptors (Lipinski definition) is 2. The van der Waals surface area contributed by atoms with Gasteiger partial charge in [-0.1, -0.05) is 22.0 Å². The number of anilines is 1. The van der Waals surface area contributed by atoms with Crippen molar-refractivity contribution in [2.24, 2.45) is 5.92 Å². The number of nitrogens with zero attached hydrogens (tertiary/aromatic N) is 2. The van der Waals surface area contributed by atoms with Crippen LogP contribution >= 0.6 is 15.9 Å². The highest BCUT2D eigenvalue weighted by Gasteiger charge is 2.10. The van der Waals surface area contributed by atoms with Gasteiger partial charge in [0.1, 0.15) is 5.82 Å². The van der Waals surface area contributed by atoms with Crippen LogP contribution in [0.3, 0.4) is 0 Å². The van der Waals surface area contributed by atoms with E-state index in [1.54, 1.807) is 18.0 Å². The average molecular weight is 285 g/mol. The molecule has 0 bridgehead atoms. The molecule has 0 aliphatic rings. The van der Waals surface area contributed by atoms with E-state index in [4.69, 9.17) is 5.26 Å². The Morgan fingerprint density at radius 3 is 2.75 bits per heavy atom. The molecule has 1 aromatic rings. The Bertz CT molecular complexity index is 400. The Kier molecular flexibility index (Phi) is 4.75. The molecule has 1 rings (SSSR count). The van der Waals surface area contributed by atoms with Gasteiger partial charge in [-0.05, 0) is 24.6 Å². The molecule has 1 unspecified atom stereocenters. The van der Waals surface area contributed by atoms with Gasteiger partial charge >= 0.3 is 0 Å². The molecular weight excluding hydrogens is 271 g/mol. The molecule has 0 spiro atoms. The van der Waals surface area contributed by atoms with Crippen molar-refractivity contribution in [2.75, 3.05) is 18.5 Å². The number of halogens is 2. The summed E-state index contributed by atoms with van der Waals surface area (Å²) in [5.41, 5.74) is 1.44. The van der Waals surface area contributed by atoms with Crippen LogP contribution in [0.15, 0.2) is 18.2 Å². The van der Waals surface area contributed by atoms with Crippen molar-refractivity contribution in [3.05, 3.63) is 29.6 Å². The van der Waals surface area contributed by atoms with Crippen molar-refractivity contribution in [1.82, 2.24) is 0 Å². The van der Waals surface area contributed by atoms with E-state index in [2.05, 4.69) is 22.0 Å². The highest BCUT2D eigenvalue weighted by Crippen LogP contribution is 2.21. The SMILES string of the molecule is CC(C#N)CN(C)c1ccc(CBr)cc1F. The van der Waals surface area contributed by atoms with Crippen molar-refractivity contribution in [2.45, 2.75) is 12.3 Å². The summed E-state index contributed by atoms with van der Waals surface area (Å²) in [6, 6.07) is 7.27. The van der Waals surface area contributed by atoms with Crippen LogP contribution in [0.4, 0.5) is 10.1 Å². The van der Waals surface area contributed by atoms with E-state index in [9.17, 15) is 4.39 Å². The summed E-state index contributed by atoms with van der Waals surface area (Å²) in [5.74, 6) is -0.357. The minimum Gasteiger partial charge on any atom is -0.371 e. The van der Waals surface area contributed by atoms with E-state index in [-0.39, 0.29) is 11.7 Å². The van der Waals surface area contributed by atoms with E-state index >= 15 is 0 Å². The first kappa shape index (κ1) is 13.0. The van der Waals surface area contributed by atoms with E-state index in [0.717, 1.165) is 5.56 Å². The maximum Gasteiger partial charge on any atom is 0.146 e. The van der Waals surface area contributed by atoms with Crippen molar-refractivity contribution in [3.8, 4) is 6.07 Å². The van der Waals surface area contributed by atoms with E-state index in [0.29, 0.717) is 17.6 Å². The molecule has 0 radical (unpaired) electrons. The topological polar surface area (TPSA) is 27.0 Å². The molecule has 86 valence electrons. The fraction of sp³-hybridized carbons (Fsp3) is 0.417. The van der Waals surface area contributed by atoms with Crippen LogP contribution in [-0.2, 0) is 5.33 Å². The van der Waals surface area contributed by atoms with Crippen molar-refractivity contribution in [1.29, 1.82) is 5.26 Å². The molecular formula is C12H14BrFN2. The average Bonchev–Trinajstić information content (AvgIpc) is 2.28. The summed E-state index contributed by atoms with van der Waals surface area (Å²) >= 11 is 3.28. The van der Waals surface area contributed by atoms with Crippen molar-refractivity contribution < 1.29 is 4.39 Å². The molecule has 0 N–H and O–H groups in total. The van der Waals surface area contributed by atoms with Gasteiger partial charge in [0.25, 0.3) is 0 Å². The first-order valence-corrected chi connectivity index (χ1v) is 6.15. The third-order valence-corrected chi connectivity index (χ3v) is 2.99. The smallest absolute Gasteiger partial charge is 0.146 e. The van der Waals surface area contributed by atoms with Gasteiger partial charge in [0.2, 0.25) is 0 Å². The second-order valence-electron chi connectivity index (χ2n) is 3.83. The molecule has 0 aromatic heterocycles. The second kappa shape index (κ2) is 5.86. The molecule has 0 amide bonds. The molecule has 1 aromatic carbocycles. The Morgan fingerprint density at radius 1 is 1.56 bits per heavy atom. The zero-order valence-electron chi connectivity index (χ0n) is 9.37. The molecule has 2 nitrogen and oxygen atoms in total. The quantitative estimate of drug-likeness (QED) is 0.793. The highest BCUT2D eigenvalue weighted by molar-refractivity contribution is 9.08. The molecule has 0 heterocycles. The summed E-state index contributed by atoms with van der Waals surface area (Å²) in [6.07, 6.45) is 0. The maximum atomic E-state index is 13.7. The number of alkyl halides is 1. The van der Waals surface area contributed by atoms with Crippen LogP contribution in [0.5, 0.6) is 0 Å². The lowest BCUT2D eigenvalue weighted by molar-refractivity contribution is 0.614. The molecule has 1 atom stereocenters. The molecule has 16 heavy (non-hydrogen) atoms. The summed E-state index contributed by atoms with van der Waals surface area (Å²) in [7, 11) is 1.79. The molecule has 0 aliphatic carbocycles. The zero-order chi connectivity index (χ0) is 12.1. The summed E-state index contributed by atoms with van der Waals surface area (Å²) in [4.78, 5) is 1.77. The molecule has 0 aliphatic heterocycles. The summed E-state index contributed by atoms with van der Waals surface area (Å²) in [6.45, 7) is 2.35. The van der Waals surface area contributed by atoms with Crippen LogP contribution in [-0.4, -0.2) is 13.6 Å². The van der Waals surface area contributed by atoms with E-state index in [1.165, 1.54) is 6.07 Å². The zero-order valence-corrected chi connectivity index (χ0v) is 11.0. The third kappa shape index (κ3) is 3.21. The Hall–Kier alpha value is -1.08. The Morgan fingerprint density at radius 2 is 2.25 bits per heavy atom. The van der Waals surface area contributed by atoms with Crippen molar-refractivity contribution in [3.63, 3.8) is 0 Å². The lowest BCUT2D eigenvalue weighted by atomic mass is 10.1. The number of rotatable bonds is 4. The molecule has 0 saturated carbocycles. The summed E-state index contributed by atoms with van der Waals surface area (Å²) in [5, 5.41) is 9.35. The van der Waals surface area contributed by atoms with E-state index in [1.807, 2.05) is 13.0 Å². The number of nitriles is 1. The lowest BCUT2D eigenvalue weighted by Crippen LogP contribution is -2.24. The second-order valence-corrected chi connectivity index (χ2v) is 4.39. The third-order valence-electron chi connectivity index (χ3n) is 2.35. The van der Waals surface area contributed by atoms with Gasteiger partial charge in [-0.2, -0.15) is 5.26 Å². The highest BCUT2D eigenvalue weighted by atomic mass is 79.9. The van der Waals surface area contributed by atoms with Crippen LogP contribution in [0.2, 0.25) is 0 Å².